The molecule has 17 heavy (non-hydrogen) atoms. The summed E-state index contributed by atoms with van der Waals surface area (Å²) in [6, 6.07) is 6.40. The van der Waals surface area contributed by atoms with E-state index in [0.29, 0.717) is 11.6 Å². The van der Waals surface area contributed by atoms with Gasteiger partial charge in [-0.15, -0.1) is 0 Å². The second kappa shape index (κ2) is 4.97. The zero-order valence-corrected chi connectivity index (χ0v) is 9.79. The first-order valence-electron chi connectivity index (χ1n) is 4.91. The summed E-state index contributed by atoms with van der Waals surface area (Å²) in [5, 5.41) is 5.77. The number of rotatable bonds is 3. The Morgan fingerprint density at radius 3 is 2.76 bits per heavy atom. The SMILES string of the molecule is CNc1cc(Nc2cccc(Cl)c2F)ncn1. The maximum atomic E-state index is 13.6. The van der Waals surface area contributed by atoms with Gasteiger partial charge in [-0.1, -0.05) is 17.7 Å². The Morgan fingerprint density at radius 1 is 1.24 bits per heavy atom. The van der Waals surface area contributed by atoms with Crippen LogP contribution in [0, 0.1) is 5.82 Å². The molecule has 0 radical (unpaired) electrons. The Balaban J connectivity index is 2.28. The lowest BCUT2D eigenvalue weighted by molar-refractivity contribution is 0.632. The van der Waals surface area contributed by atoms with Crippen LogP contribution in [0.25, 0.3) is 0 Å². The van der Waals surface area contributed by atoms with Gasteiger partial charge in [0.25, 0.3) is 0 Å². The second-order valence-corrected chi connectivity index (χ2v) is 3.67. The Kier molecular flexibility index (Phi) is 3.39. The predicted octanol–water partition coefficient (Wildman–Crippen LogP) is 3.05. The van der Waals surface area contributed by atoms with Gasteiger partial charge in [-0.05, 0) is 12.1 Å². The summed E-state index contributed by atoms with van der Waals surface area (Å²) >= 11 is 5.68. The standard InChI is InChI=1S/C11H10ClFN4/c1-14-9-5-10(16-6-15-9)17-8-4-2-3-7(12)11(8)13/h2-6H,1H3,(H2,14,15,16,17). The minimum atomic E-state index is -0.501. The van der Waals surface area contributed by atoms with Crippen LogP contribution in [-0.2, 0) is 0 Å². The molecule has 2 aromatic rings. The molecule has 2 rings (SSSR count). The molecular weight excluding hydrogens is 243 g/mol. The molecule has 0 saturated heterocycles. The maximum Gasteiger partial charge on any atom is 0.165 e. The van der Waals surface area contributed by atoms with Crippen LogP contribution in [0.15, 0.2) is 30.6 Å². The third-order valence-corrected chi connectivity index (χ3v) is 2.43. The minimum Gasteiger partial charge on any atom is -0.373 e. The van der Waals surface area contributed by atoms with E-state index in [9.17, 15) is 4.39 Å². The highest BCUT2D eigenvalue weighted by atomic mass is 35.5. The molecule has 2 N–H and O–H groups in total. The molecule has 0 aliphatic rings. The lowest BCUT2D eigenvalue weighted by Gasteiger charge is -2.08. The van der Waals surface area contributed by atoms with Gasteiger partial charge < -0.3 is 10.6 Å². The maximum absolute atomic E-state index is 13.6. The third kappa shape index (κ3) is 2.62. The molecule has 0 spiro atoms. The van der Waals surface area contributed by atoms with Gasteiger partial charge in [0.2, 0.25) is 0 Å². The van der Waals surface area contributed by atoms with Crippen molar-refractivity contribution in [1.29, 1.82) is 0 Å². The molecule has 1 aromatic carbocycles. The fourth-order valence-corrected chi connectivity index (χ4v) is 1.48. The normalized spacial score (nSPS) is 10.1. The number of benzene rings is 1. The van der Waals surface area contributed by atoms with E-state index in [4.69, 9.17) is 11.6 Å². The monoisotopic (exact) mass is 252 g/mol. The van der Waals surface area contributed by atoms with Crippen LogP contribution in [0.3, 0.4) is 0 Å². The average Bonchev–Trinajstić information content (AvgIpc) is 2.35. The number of nitrogens with zero attached hydrogens (tertiary/aromatic N) is 2. The van der Waals surface area contributed by atoms with E-state index in [0.717, 1.165) is 0 Å². The van der Waals surface area contributed by atoms with Crippen molar-refractivity contribution in [2.24, 2.45) is 0 Å². The molecule has 6 heteroatoms. The van der Waals surface area contributed by atoms with E-state index in [2.05, 4.69) is 20.6 Å². The van der Waals surface area contributed by atoms with E-state index in [1.54, 1.807) is 25.2 Å². The summed E-state index contributed by atoms with van der Waals surface area (Å²) in [5.41, 5.74) is 0.276. The predicted molar refractivity (Wildman–Crippen MR) is 66.3 cm³/mol. The van der Waals surface area contributed by atoms with Crippen molar-refractivity contribution in [1.82, 2.24) is 9.97 Å². The van der Waals surface area contributed by atoms with Gasteiger partial charge in [-0.25, -0.2) is 14.4 Å². The van der Waals surface area contributed by atoms with E-state index < -0.39 is 5.82 Å². The summed E-state index contributed by atoms with van der Waals surface area (Å²) < 4.78 is 13.6. The molecule has 1 aromatic heterocycles. The lowest BCUT2D eigenvalue weighted by Crippen LogP contribution is -1.99. The van der Waals surface area contributed by atoms with E-state index >= 15 is 0 Å². The van der Waals surface area contributed by atoms with Crippen molar-refractivity contribution in [3.63, 3.8) is 0 Å². The van der Waals surface area contributed by atoms with Gasteiger partial charge in [0, 0.05) is 13.1 Å². The first-order valence-corrected chi connectivity index (χ1v) is 5.29. The Hall–Kier alpha value is -1.88. The molecule has 0 aliphatic carbocycles. The lowest BCUT2D eigenvalue weighted by atomic mass is 10.3. The summed E-state index contributed by atoms with van der Waals surface area (Å²) in [4.78, 5) is 7.94. The molecule has 0 amide bonds. The number of hydrogen-bond donors (Lipinski definition) is 2. The molecule has 1 heterocycles. The fourth-order valence-electron chi connectivity index (χ4n) is 1.30. The zero-order chi connectivity index (χ0) is 12.3. The molecule has 0 fully saturated rings. The topological polar surface area (TPSA) is 49.8 Å². The molecule has 0 bridgehead atoms. The highest BCUT2D eigenvalue weighted by Gasteiger charge is 2.07. The number of aromatic nitrogens is 2. The summed E-state index contributed by atoms with van der Waals surface area (Å²) in [6.07, 6.45) is 1.39. The Labute approximate surface area is 103 Å². The molecule has 0 atom stereocenters. The molecule has 0 unspecified atom stereocenters. The highest BCUT2D eigenvalue weighted by molar-refractivity contribution is 6.31. The van der Waals surface area contributed by atoms with Crippen molar-refractivity contribution in [2.75, 3.05) is 17.7 Å². The van der Waals surface area contributed by atoms with Gasteiger partial charge in [-0.2, -0.15) is 0 Å². The largest absolute Gasteiger partial charge is 0.373 e. The summed E-state index contributed by atoms with van der Waals surface area (Å²) in [5.74, 6) is 0.634. The first-order chi connectivity index (χ1) is 8.20. The van der Waals surface area contributed by atoms with Crippen LogP contribution in [0.5, 0.6) is 0 Å². The minimum absolute atomic E-state index is 0.0675. The van der Waals surface area contributed by atoms with Gasteiger partial charge >= 0.3 is 0 Å². The van der Waals surface area contributed by atoms with E-state index in [-0.39, 0.29) is 10.7 Å². The van der Waals surface area contributed by atoms with Gasteiger partial charge in [0.1, 0.15) is 18.0 Å². The van der Waals surface area contributed by atoms with Crippen molar-refractivity contribution in [3.05, 3.63) is 41.4 Å². The van der Waals surface area contributed by atoms with Gasteiger partial charge in [-0.3, -0.25) is 0 Å². The molecule has 4 nitrogen and oxygen atoms in total. The van der Waals surface area contributed by atoms with Crippen molar-refractivity contribution < 1.29 is 4.39 Å². The van der Waals surface area contributed by atoms with Crippen molar-refractivity contribution >= 4 is 28.9 Å². The third-order valence-electron chi connectivity index (χ3n) is 2.14. The smallest absolute Gasteiger partial charge is 0.165 e. The molecule has 0 aliphatic heterocycles. The quantitative estimate of drug-likeness (QED) is 0.882. The number of anilines is 3. The zero-order valence-electron chi connectivity index (χ0n) is 9.04. The van der Waals surface area contributed by atoms with Gasteiger partial charge in [0.15, 0.2) is 5.82 Å². The van der Waals surface area contributed by atoms with E-state index in [1.165, 1.54) is 12.4 Å². The van der Waals surface area contributed by atoms with Crippen LogP contribution in [0.2, 0.25) is 5.02 Å². The summed E-state index contributed by atoms with van der Waals surface area (Å²) in [6.45, 7) is 0. The van der Waals surface area contributed by atoms with Crippen LogP contribution in [0.4, 0.5) is 21.7 Å². The number of halogens is 2. The van der Waals surface area contributed by atoms with Gasteiger partial charge in [0.05, 0.1) is 10.7 Å². The van der Waals surface area contributed by atoms with Crippen LogP contribution < -0.4 is 10.6 Å². The average molecular weight is 253 g/mol. The second-order valence-electron chi connectivity index (χ2n) is 3.26. The number of nitrogens with one attached hydrogen (secondary N) is 2. The van der Waals surface area contributed by atoms with Crippen LogP contribution in [0.1, 0.15) is 0 Å². The van der Waals surface area contributed by atoms with Crippen molar-refractivity contribution in [3.8, 4) is 0 Å². The molecule has 88 valence electrons. The molecule has 0 saturated carbocycles. The number of hydrogen-bond acceptors (Lipinski definition) is 4. The fraction of sp³-hybridized carbons (Fsp3) is 0.0909. The Bertz CT molecular complexity index is 533. The van der Waals surface area contributed by atoms with Crippen LogP contribution >= 0.6 is 11.6 Å². The van der Waals surface area contributed by atoms with E-state index in [1.807, 2.05) is 0 Å². The Morgan fingerprint density at radius 2 is 2.00 bits per heavy atom. The first kappa shape index (κ1) is 11.6. The highest BCUT2D eigenvalue weighted by Crippen LogP contribution is 2.24. The van der Waals surface area contributed by atoms with Crippen molar-refractivity contribution in [2.45, 2.75) is 0 Å². The van der Waals surface area contributed by atoms with Crippen LogP contribution in [-0.4, -0.2) is 17.0 Å². The molecular formula is C11H10ClFN4. The summed E-state index contributed by atoms with van der Waals surface area (Å²) in [7, 11) is 1.74.